The highest BCUT2D eigenvalue weighted by Crippen LogP contribution is 2.22. The van der Waals surface area contributed by atoms with Gasteiger partial charge in [0.05, 0.1) is 11.9 Å². The number of nitrogens with one attached hydrogen (secondary N) is 1. The van der Waals surface area contributed by atoms with Crippen molar-refractivity contribution in [2.75, 3.05) is 5.32 Å². The molecule has 0 fully saturated rings. The van der Waals surface area contributed by atoms with Gasteiger partial charge in [0.1, 0.15) is 0 Å². The molecule has 0 aliphatic heterocycles. The molecule has 9 heteroatoms. The van der Waals surface area contributed by atoms with E-state index in [1.54, 1.807) is 6.20 Å². The molecule has 0 saturated heterocycles. The first kappa shape index (κ1) is 17.9. The summed E-state index contributed by atoms with van der Waals surface area (Å²) in [7, 11) is 0. The predicted octanol–water partition coefficient (Wildman–Crippen LogP) is 3.85. The first-order valence-electron chi connectivity index (χ1n) is 8.26. The van der Waals surface area contributed by atoms with Crippen molar-refractivity contribution in [2.45, 2.75) is 6.42 Å². The van der Waals surface area contributed by atoms with E-state index < -0.39 is 17.5 Å². The molecule has 4 rings (SSSR count). The molecule has 2 aromatic heterocycles. The number of halogens is 2. The van der Waals surface area contributed by atoms with Crippen LogP contribution < -0.4 is 5.32 Å². The third-order valence-corrected chi connectivity index (χ3v) is 4.80. The van der Waals surface area contributed by atoms with Crippen LogP contribution in [-0.2, 0) is 6.42 Å². The van der Waals surface area contributed by atoms with Crippen molar-refractivity contribution in [3.8, 4) is 5.69 Å². The zero-order valence-electron chi connectivity index (χ0n) is 14.3. The predicted molar refractivity (Wildman–Crippen MR) is 101 cm³/mol. The van der Waals surface area contributed by atoms with E-state index in [9.17, 15) is 13.6 Å². The van der Waals surface area contributed by atoms with Gasteiger partial charge in [-0.2, -0.15) is 0 Å². The molecular weight excluding hydrogens is 384 g/mol. The normalized spacial score (nSPS) is 10.8. The number of amides is 1. The second-order valence-corrected chi connectivity index (χ2v) is 7.01. The van der Waals surface area contributed by atoms with Crippen LogP contribution >= 0.6 is 11.3 Å². The Morgan fingerprint density at radius 3 is 2.71 bits per heavy atom. The van der Waals surface area contributed by atoms with Crippen molar-refractivity contribution >= 4 is 22.4 Å². The molecule has 0 atom stereocenters. The SMILES string of the molecule is O=C(Nc1ncc(Cc2ccc(F)c(F)c2)s1)c1cn(-c2ccccc2)nn1. The van der Waals surface area contributed by atoms with Gasteiger partial charge < -0.3 is 0 Å². The van der Waals surface area contributed by atoms with Gasteiger partial charge in [-0.15, -0.1) is 16.4 Å². The van der Waals surface area contributed by atoms with Crippen LogP contribution in [0.1, 0.15) is 20.9 Å². The van der Waals surface area contributed by atoms with Crippen LogP contribution in [0.5, 0.6) is 0 Å². The van der Waals surface area contributed by atoms with Crippen molar-refractivity contribution in [1.29, 1.82) is 0 Å². The fourth-order valence-corrected chi connectivity index (χ4v) is 3.38. The van der Waals surface area contributed by atoms with Gasteiger partial charge in [0.25, 0.3) is 5.91 Å². The highest BCUT2D eigenvalue weighted by atomic mass is 32.1. The van der Waals surface area contributed by atoms with E-state index in [1.165, 1.54) is 28.3 Å². The number of nitrogens with zero attached hydrogens (tertiary/aromatic N) is 4. The highest BCUT2D eigenvalue weighted by Gasteiger charge is 2.14. The van der Waals surface area contributed by atoms with E-state index in [0.717, 1.165) is 22.7 Å². The average Bonchev–Trinajstić information content (AvgIpc) is 3.35. The van der Waals surface area contributed by atoms with E-state index in [4.69, 9.17) is 0 Å². The van der Waals surface area contributed by atoms with E-state index in [2.05, 4.69) is 20.6 Å². The summed E-state index contributed by atoms with van der Waals surface area (Å²) in [5, 5.41) is 10.9. The molecule has 2 aromatic carbocycles. The number of hydrogen-bond donors (Lipinski definition) is 1. The Morgan fingerprint density at radius 2 is 1.93 bits per heavy atom. The number of para-hydroxylation sites is 1. The van der Waals surface area contributed by atoms with Crippen molar-refractivity contribution < 1.29 is 13.6 Å². The minimum absolute atomic E-state index is 0.154. The lowest BCUT2D eigenvalue weighted by molar-refractivity contribution is 0.102. The lowest BCUT2D eigenvalue weighted by Gasteiger charge is -2.00. The van der Waals surface area contributed by atoms with Crippen LogP contribution in [0.15, 0.2) is 60.9 Å². The molecule has 0 aliphatic rings. The van der Waals surface area contributed by atoms with E-state index >= 15 is 0 Å². The topological polar surface area (TPSA) is 72.7 Å². The fraction of sp³-hybridized carbons (Fsp3) is 0.0526. The van der Waals surface area contributed by atoms with E-state index in [-0.39, 0.29) is 5.69 Å². The van der Waals surface area contributed by atoms with Gasteiger partial charge in [0.15, 0.2) is 22.5 Å². The van der Waals surface area contributed by atoms with Crippen LogP contribution in [0.25, 0.3) is 5.69 Å². The molecule has 1 N–H and O–H groups in total. The number of aromatic nitrogens is 4. The second-order valence-electron chi connectivity index (χ2n) is 5.89. The van der Waals surface area contributed by atoms with Crippen molar-refractivity contribution in [3.63, 3.8) is 0 Å². The number of hydrogen-bond acceptors (Lipinski definition) is 5. The third-order valence-electron chi connectivity index (χ3n) is 3.88. The maximum Gasteiger partial charge on any atom is 0.279 e. The van der Waals surface area contributed by atoms with Crippen molar-refractivity contribution in [2.24, 2.45) is 0 Å². The van der Waals surface area contributed by atoms with Gasteiger partial charge in [-0.3, -0.25) is 10.1 Å². The first-order valence-corrected chi connectivity index (χ1v) is 9.08. The maximum atomic E-state index is 13.3. The maximum absolute atomic E-state index is 13.3. The summed E-state index contributed by atoms with van der Waals surface area (Å²) in [6.45, 7) is 0. The minimum Gasteiger partial charge on any atom is -0.296 e. The molecule has 0 aliphatic carbocycles. The lowest BCUT2D eigenvalue weighted by Crippen LogP contribution is -2.12. The summed E-state index contributed by atoms with van der Waals surface area (Å²) >= 11 is 1.25. The van der Waals surface area contributed by atoms with Gasteiger partial charge in [0.2, 0.25) is 0 Å². The minimum atomic E-state index is -0.892. The summed E-state index contributed by atoms with van der Waals surface area (Å²) in [6.07, 6.45) is 3.50. The number of carbonyl (C=O) groups excluding carboxylic acids is 1. The molecule has 0 bridgehead atoms. The molecule has 1 amide bonds. The Hall–Kier alpha value is -3.46. The Morgan fingerprint density at radius 1 is 1.11 bits per heavy atom. The summed E-state index contributed by atoms with van der Waals surface area (Å²) in [5.74, 6) is -2.21. The van der Waals surface area contributed by atoms with Crippen LogP contribution in [0, 0.1) is 11.6 Å². The van der Waals surface area contributed by atoms with Gasteiger partial charge in [-0.1, -0.05) is 29.5 Å². The average molecular weight is 397 g/mol. The summed E-state index contributed by atoms with van der Waals surface area (Å²) in [4.78, 5) is 17.3. The summed E-state index contributed by atoms with van der Waals surface area (Å²) < 4.78 is 27.8. The second kappa shape index (κ2) is 7.65. The number of carbonyl (C=O) groups is 1. The van der Waals surface area contributed by atoms with Gasteiger partial charge in [-0.05, 0) is 29.8 Å². The molecular formula is C19H13F2N5OS. The molecule has 4 aromatic rings. The molecule has 0 saturated carbocycles. The molecule has 6 nitrogen and oxygen atoms in total. The monoisotopic (exact) mass is 397 g/mol. The molecule has 28 heavy (non-hydrogen) atoms. The Labute approximate surface area is 162 Å². The van der Waals surface area contributed by atoms with E-state index in [0.29, 0.717) is 17.1 Å². The van der Waals surface area contributed by atoms with Crippen LogP contribution in [-0.4, -0.2) is 25.9 Å². The molecule has 0 unspecified atom stereocenters. The van der Waals surface area contributed by atoms with Crippen molar-refractivity contribution in [3.05, 3.63) is 88.7 Å². The number of benzene rings is 2. The molecule has 2 heterocycles. The summed E-state index contributed by atoms with van der Waals surface area (Å²) in [5.41, 5.74) is 1.56. The number of anilines is 1. The van der Waals surface area contributed by atoms with Gasteiger partial charge >= 0.3 is 0 Å². The highest BCUT2D eigenvalue weighted by molar-refractivity contribution is 7.15. The largest absolute Gasteiger partial charge is 0.296 e. The van der Waals surface area contributed by atoms with Gasteiger partial charge in [0, 0.05) is 17.5 Å². The number of rotatable bonds is 5. The third kappa shape index (κ3) is 3.94. The van der Waals surface area contributed by atoms with Crippen LogP contribution in [0.2, 0.25) is 0 Å². The van der Waals surface area contributed by atoms with Crippen LogP contribution in [0.4, 0.5) is 13.9 Å². The first-order chi connectivity index (χ1) is 13.6. The quantitative estimate of drug-likeness (QED) is 0.555. The molecule has 0 spiro atoms. The smallest absolute Gasteiger partial charge is 0.279 e. The van der Waals surface area contributed by atoms with Gasteiger partial charge in [-0.25, -0.2) is 18.4 Å². The number of thiazole rings is 1. The summed E-state index contributed by atoms with van der Waals surface area (Å²) in [6, 6.07) is 13.1. The Balaban J connectivity index is 1.43. The zero-order valence-corrected chi connectivity index (χ0v) is 15.2. The molecule has 0 radical (unpaired) electrons. The molecule has 140 valence electrons. The lowest BCUT2D eigenvalue weighted by atomic mass is 10.1. The Bertz CT molecular complexity index is 1130. The standard InChI is InChI=1S/C19H13F2N5OS/c20-15-7-6-12(9-16(15)21)8-14-10-22-19(28-14)23-18(27)17-11-26(25-24-17)13-4-2-1-3-5-13/h1-7,9-11H,8H2,(H,22,23,27). The zero-order chi connectivity index (χ0) is 19.5. The van der Waals surface area contributed by atoms with E-state index in [1.807, 2.05) is 30.3 Å². The fourth-order valence-electron chi connectivity index (χ4n) is 2.53. The van der Waals surface area contributed by atoms with Crippen molar-refractivity contribution in [1.82, 2.24) is 20.0 Å². The Kier molecular flexibility index (Phi) is 4.90. The van der Waals surface area contributed by atoms with Crippen LogP contribution in [0.3, 0.4) is 0 Å².